The molecule has 0 bridgehead atoms. The number of rotatable bonds is 7. The Kier molecular flexibility index (Phi) is 7.54. The smallest absolute Gasteiger partial charge is 0.272 e. The summed E-state index contributed by atoms with van der Waals surface area (Å²) in [5.74, 6) is -0.451. The number of aromatic amines is 1. The zero-order chi connectivity index (χ0) is 25.3. The number of ketones is 1. The molecule has 8 heteroatoms. The molecule has 0 radical (unpaired) electrons. The molecule has 35 heavy (non-hydrogen) atoms. The summed E-state index contributed by atoms with van der Waals surface area (Å²) in [5.41, 5.74) is 3.45. The molecule has 0 saturated carbocycles. The Bertz CT molecular complexity index is 1310. The van der Waals surface area contributed by atoms with E-state index in [0.29, 0.717) is 23.5 Å². The standard InChI is InChI=1S/C27H30N2O4P2/c1-4-16-5-7-17(8-6-16)21(30)13-19-20(24-22(34)11-18(33-3)12-23(24)35)14-29(27(19)32)25-15(2)9-10-28-26(25)31/h5-12,19-20H,4,13-14,34-35H2,1-3H3,(H,28,31)/t19-,20+/m0/s1. The number of hydrogen-bond acceptors (Lipinski definition) is 4. The van der Waals surface area contributed by atoms with Crippen LogP contribution in [0, 0.1) is 12.8 Å². The van der Waals surface area contributed by atoms with Crippen molar-refractivity contribution in [3.8, 4) is 5.75 Å². The predicted molar refractivity (Wildman–Crippen MR) is 147 cm³/mol. The van der Waals surface area contributed by atoms with Crippen molar-refractivity contribution in [1.82, 2.24) is 4.98 Å². The van der Waals surface area contributed by atoms with Gasteiger partial charge in [0.05, 0.1) is 13.0 Å². The normalized spacial score (nSPS) is 17.6. The van der Waals surface area contributed by atoms with Gasteiger partial charge < -0.3 is 14.6 Å². The predicted octanol–water partition coefficient (Wildman–Crippen LogP) is 3.27. The first kappa shape index (κ1) is 25.3. The Balaban J connectivity index is 1.76. The van der Waals surface area contributed by atoms with Gasteiger partial charge in [0.1, 0.15) is 11.4 Å². The number of aryl methyl sites for hydroxylation is 2. The van der Waals surface area contributed by atoms with Gasteiger partial charge in [-0.25, -0.2) is 0 Å². The molecule has 6 nitrogen and oxygen atoms in total. The number of carbonyl (C=O) groups excluding carboxylic acids is 2. The molecular weight excluding hydrogens is 478 g/mol. The van der Waals surface area contributed by atoms with Crippen molar-refractivity contribution in [3.63, 3.8) is 0 Å². The topological polar surface area (TPSA) is 79.5 Å². The highest BCUT2D eigenvalue weighted by Crippen LogP contribution is 2.39. The second-order valence-electron chi connectivity index (χ2n) is 8.90. The number of pyridine rings is 1. The number of benzene rings is 2. The quantitative estimate of drug-likeness (QED) is 0.393. The lowest BCUT2D eigenvalue weighted by Gasteiger charge is -2.22. The van der Waals surface area contributed by atoms with Gasteiger partial charge in [0.15, 0.2) is 5.78 Å². The van der Waals surface area contributed by atoms with E-state index in [0.717, 1.165) is 33.7 Å². The fourth-order valence-electron chi connectivity index (χ4n) is 4.87. The van der Waals surface area contributed by atoms with Crippen LogP contribution >= 0.6 is 18.5 Å². The van der Waals surface area contributed by atoms with E-state index in [2.05, 4.69) is 30.4 Å². The molecule has 2 unspecified atom stereocenters. The highest BCUT2D eigenvalue weighted by atomic mass is 31.0. The van der Waals surface area contributed by atoms with Crippen LogP contribution in [0.1, 0.15) is 46.3 Å². The van der Waals surface area contributed by atoms with Crippen LogP contribution in [-0.4, -0.2) is 30.3 Å². The van der Waals surface area contributed by atoms with E-state index in [1.165, 1.54) is 0 Å². The van der Waals surface area contributed by atoms with Gasteiger partial charge >= 0.3 is 0 Å². The Morgan fingerprint density at radius 1 is 1.11 bits per heavy atom. The van der Waals surface area contributed by atoms with Crippen molar-refractivity contribution in [2.24, 2.45) is 5.92 Å². The molecule has 1 aliphatic rings. The fraction of sp³-hybridized carbons (Fsp3) is 0.296. The fourth-order valence-corrected chi connectivity index (χ4v) is 6.13. The summed E-state index contributed by atoms with van der Waals surface area (Å²) in [4.78, 5) is 44.0. The van der Waals surface area contributed by atoms with Crippen LogP contribution in [0.2, 0.25) is 0 Å². The van der Waals surface area contributed by atoms with E-state index in [9.17, 15) is 14.4 Å². The van der Waals surface area contributed by atoms with E-state index in [-0.39, 0.29) is 29.6 Å². The Morgan fingerprint density at radius 2 is 1.77 bits per heavy atom. The second kappa shape index (κ2) is 10.4. The van der Waals surface area contributed by atoms with Crippen molar-refractivity contribution in [2.75, 3.05) is 18.6 Å². The van der Waals surface area contributed by atoms with Crippen LogP contribution in [-0.2, 0) is 11.2 Å². The first-order valence-electron chi connectivity index (χ1n) is 11.6. The van der Waals surface area contributed by atoms with Crippen molar-refractivity contribution < 1.29 is 14.3 Å². The molecule has 2 heterocycles. The van der Waals surface area contributed by atoms with E-state index < -0.39 is 5.92 Å². The van der Waals surface area contributed by atoms with Crippen LogP contribution in [0.25, 0.3) is 0 Å². The summed E-state index contributed by atoms with van der Waals surface area (Å²) < 4.78 is 5.40. The number of nitrogens with one attached hydrogen (secondary N) is 1. The van der Waals surface area contributed by atoms with Gasteiger partial charge in [0.25, 0.3) is 5.56 Å². The molecule has 182 valence electrons. The van der Waals surface area contributed by atoms with Crippen molar-refractivity contribution >= 4 is 46.5 Å². The Hall–Kier alpha value is -2.81. The highest BCUT2D eigenvalue weighted by molar-refractivity contribution is 7.29. The summed E-state index contributed by atoms with van der Waals surface area (Å²) >= 11 is 0. The SMILES string of the molecule is CCc1ccc(C(=O)C[C@@H]2C(=O)N(c3c(C)cc[nH]c3=O)C[C@H]2c2c(P)cc(OC)cc2P)cc1. The van der Waals surface area contributed by atoms with E-state index in [4.69, 9.17) is 4.74 Å². The number of aromatic nitrogens is 1. The van der Waals surface area contributed by atoms with Gasteiger partial charge in [0, 0.05) is 30.6 Å². The first-order valence-corrected chi connectivity index (χ1v) is 12.7. The molecule has 0 aliphatic carbocycles. The number of methoxy groups -OCH3 is 1. The molecule has 1 aliphatic heterocycles. The number of anilines is 1. The molecule has 2 aromatic carbocycles. The summed E-state index contributed by atoms with van der Waals surface area (Å²) in [5, 5.41) is 1.80. The third-order valence-corrected chi connectivity index (χ3v) is 7.72. The van der Waals surface area contributed by atoms with Gasteiger partial charge in [-0.15, -0.1) is 18.5 Å². The first-order chi connectivity index (χ1) is 16.7. The largest absolute Gasteiger partial charge is 0.497 e. The number of nitrogens with zero attached hydrogens (tertiary/aromatic N) is 1. The average Bonchev–Trinajstić information content (AvgIpc) is 3.13. The van der Waals surface area contributed by atoms with Crippen molar-refractivity contribution in [1.29, 1.82) is 0 Å². The number of hydrogen-bond donors (Lipinski definition) is 1. The molecule has 3 aromatic rings. The minimum atomic E-state index is -0.598. The number of amides is 1. The third kappa shape index (κ3) is 4.96. The molecule has 4 atom stereocenters. The van der Waals surface area contributed by atoms with Crippen molar-refractivity contribution in [2.45, 2.75) is 32.6 Å². The lowest BCUT2D eigenvalue weighted by molar-refractivity contribution is -0.120. The molecule has 1 saturated heterocycles. The third-order valence-electron chi connectivity index (χ3n) is 6.77. The lowest BCUT2D eigenvalue weighted by atomic mass is 9.84. The molecule has 4 rings (SSSR count). The molecule has 1 amide bonds. The maximum Gasteiger partial charge on any atom is 0.272 e. The highest BCUT2D eigenvalue weighted by Gasteiger charge is 2.45. The molecule has 1 fully saturated rings. The van der Waals surface area contributed by atoms with Gasteiger partial charge in [-0.2, -0.15) is 0 Å². The minimum Gasteiger partial charge on any atom is -0.497 e. The number of ether oxygens (including phenoxy) is 1. The summed E-state index contributed by atoms with van der Waals surface area (Å²) in [6.45, 7) is 4.20. The van der Waals surface area contributed by atoms with E-state index in [1.807, 2.05) is 43.3 Å². The van der Waals surface area contributed by atoms with Gasteiger partial charge in [-0.3, -0.25) is 14.4 Å². The van der Waals surface area contributed by atoms with Gasteiger partial charge in [-0.05, 0) is 58.8 Å². The van der Waals surface area contributed by atoms with Gasteiger partial charge in [0.2, 0.25) is 5.91 Å². The van der Waals surface area contributed by atoms with Crippen LogP contribution in [0.4, 0.5) is 5.69 Å². The van der Waals surface area contributed by atoms with Crippen LogP contribution in [0.15, 0.2) is 53.5 Å². The number of Topliss-reactive ketones (excluding diaryl/α,β-unsaturated/α-hetero) is 1. The monoisotopic (exact) mass is 508 g/mol. The van der Waals surface area contributed by atoms with Crippen LogP contribution in [0.5, 0.6) is 5.75 Å². The van der Waals surface area contributed by atoms with Crippen molar-refractivity contribution in [3.05, 3.63) is 81.3 Å². The second-order valence-corrected chi connectivity index (χ2v) is 10.1. The zero-order valence-corrected chi connectivity index (χ0v) is 22.4. The molecule has 1 N–H and O–H groups in total. The summed E-state index contributed by atoms with van der Waals surface area (Å²) in [6.07, 6.45) is 2.53. The minimum absolute atomic E-state index is 0.0650. The maximum atomic E-state index is 13.8. The average molecular weight is 508 g/mol. The zero-order valence-electron chi connectivity index (χ0n) is 20.1. The van der Waals surface area contributed by atoms with E-state index in [1.54, 1.807) is 24.3 Å². The van der Waals surface area contributed by atoms with Crippen LogP contribution < -0.4 is 25.8 Å². The number of H-pyrrole nitrogens is 1. The molecular formula is C27H30N2O4P2. The van der Waals surface area contributed by atoms with Gasteiger partial charge in [-0.1, -0.05) is 31.2 Å². The Morgan fingerprint density at radius 3 is 2.34 bits per heavy atom. The molecule has 0 spiro atoms. The summed E-state index contributed by atoms with van der Waals surface area (Å²) in [6, 6.07) is 13.1. The maximum absolute atomic E-state index is 13.8. The summed E-state index contributed by atoms with van der Waals surface area (Å²) in [7, 11) is 7.07. The Labute approximate surface area is 209 Å². The lowest BCUT2D eigenvalue weighted by Crippen LogP contribution is -2.33. The van der Waals surface area contributed by atoms with Crippen LogP contribution in [0.3, 0.4) is 0 Å². The molecule has 1 aromatic heterocycles. The number of carbonyl (C=O) groups is 2. The van der Waals surface area contributed by atoms with E-state index >= 15 is 0 Å².